The molecular weight excluding hydrogens is 402 g/mol. The van der Waals surface area contributed by atoms with Crippen LogP contribution in [-0.2, 0) is 4.79 Å². The van der Waals surface area contributed by atoms with Crippen molar-refractivity contribution < 1.29 is 14.3 Å². The molecule has 0 saturated carbocycles. The molecule has 0 radical (unpaired) electrons. The quantitative estimate of drug-likeness (QED) is 0.380. The summed E-state index contributed by atoms with van der Waals surface area (Å²) in [4.78, 5) is 25.3. The number of amides is 2. The van der Waals surface area contributed by atoms with Crippen LogP contribution < -0.4 is 15.5 Å². The summed E-state index contributed by atoms with van der Waals surface area (Å²) in [6, 6.07) is 25.0. The van der Waals surface area contributed by atoms with Gasteiger partial charge in [-0.1, -0.05) is 68.8 Å². The van der Waals surface area contributed by atoms with Crippen molar-refractivity contribution in [2.24, 2.45) is 11.0 Å². The highest BCUT2D eigenvalue weighted by atomic mass is 16.5. The Morgan fingerprint density at radius 1 is 0.938 bits per heavy atom. The van der Waals surface area contributed by atoms with E-state index in [9.17, 15) is 9.59 Å². The van der Waals surface area contributed by atoms with Crippen LogP contribution >= 0.6 is 0 Å². The molecule has 0 spiro atoms. The third kappa shape index (κ3) is 6.54. The first-order valence-electron chi connectivity index (χ1n) is 10.6. The Bertz CT molecular complexity index is 1050. The third-order valence-corrected chi connectivity index (χ3v) is 5.04. The zero-order chi connectivity index (χ0) is 22.8. The van der Waals surface area contributed by atoms with Gasteiger partial charge in [-0.3, -0.25) is 9.59 Å². The van der Waals surface area contributed by atoms with E-state index in [0.717, 1.165) is 17.7 Å². The van der Waals surface area contributed by atoms with Gasteiger partial charge >= 0.3 is 0 Å². The first-order valence-corrected chi connectivity index (χ1v) is 10.6. The van der Waals surface area contributed by atoms with E-state index in [2.05, 4.69) is 15.8 Å². The summed E-state index contributed by atoms with van der Waals surface area (Å²) < 4.78 is 5.82. The van der Waals surface area contributed by atoms with E-state index >= 15 is 0 Å². The summed E-state index contributed by atoms with van der Waals surface area (Å²) in [6.07, 6.45) is 2.28. The largest absolute Gasteiger partial charge is 0.457 e. The van der Waals surface area contributed by atoms with E-state index in [4.69, 9.17) is 4.74 Å². The van der Waals surface area contributed by atoms with Crippen LogP contribution in [0, 0.1) is 5.92 Å². The molecule has 1 unspecified atom stereocenters. The average molecular weight is 430 g/mol. The van der Waals surface area contributed by atoms with Crippen LogP contribution in [0.4, 0.5) is 0 Å². The van der Waals surface area contributed by atoms with Gasteiger partial charge in [0, 0.05) is 5.56 Å². The maximum Gasteiger partial charge on any atom is 0.262 e. The Morgan fingerprint density at radius 2 is 1.59 bits per heavy atom. The number of carbonyl (C=O) groups is 2. The van der Waals surface area contributed by atoms with E-state index in [0.29, 0.717) is 11.3 Å². The van der Waals surface area contributed by atoms with Crippen LogP contribution in [0.2, 0.25) is 0 Å². The van der Waals surface area contributed by atoms with Crippen LogP contribution in [0.25, 0.3) is 0 Å². The van der Waals surface area contributed by atoms with Crippen LogP contribution in [0.3, 0.4) is 0 Å². The van der Waals surface area contributed by atoms with Gasteiger partial charge < -0.3 is 10.1 Å². The van der Waals surface area contributed by atoms with Gasteiger partial charge in [0.05, 0.1) is 6.21 Å². The van der Waals surface area contributed by atoms with Crippen molar-refractivity contribution in [3.63, 3.8) is 0 Å². The molecule has 0 fully saturated rings. The van der Waals surface area contributed by atoms with Crippen molar-refractivity contribution in [3.05, 3.63) is 96.1 Å². The minimum Gasteiger partial charge on any atom is -0.457 e. The molecule has 3 aromatic carbocycles. The van der Waals surface area contributed by atoms with Gasteiger partial charge in [-0.05, 0) is 47.9 Å². The van der Waals surface area contributed by atoms with Crippen LogP contribution in [-0.4, -0.2) is 24.1 Å². The maximum absolute atomic E-state index is 12.7. The molecule has 6 heteroatoms. The number of rotatable bonds is 9. The molecule has 3 rings (SSSR count). The van der Waals surface area contributed by atoms with Gasteiger partial charge in [-0.15, -0.1) is 0 Å². The maximum atomic E-state index is 12.7. The zero-order valence-corrected chi connectivity index (χ0v) is 18.2. The second kappa shape index (κ2) is 11.5. The molecule has 0 aromatic heterocycles. The van der Waals surface area contributed by atoms with Crippen LogP contribution in [0.1, 0.15) is 36.2 Å². The molecule has 0 heterocycles. The lowest BCUT2D eigenvalue weighted by Gasteiger charge is -2.22. The lowest BCUT2D eigenvalue weighted by atomic mass is 9.98. The summed E-state index contributed by atoms with van der Waals surface area (Å²) in [7, 11) is 0. The predicted octanol–water partition coefficient (Wildman–Crippen LogP) is 4.77. The summed E-state index contributed by atoms with van der Waals surface area (Å²) in [5.41, 5.74) is 3.82. The molecule has 6 nitrogen and oxygen atoms in total. The number of hydrogen-bond donors (Lipinski definition) is 2. The second-order valence-electron chi connectivity index (χ2n) is 7.42. The molecule has 164 valence electrons. The molecule has 0 aliphatic heterocycles. The van der Waals surface area contributed by atoms with Crippen molar-refractivity contribution in [2.45, 2.75) is 26.3 Å². The number of carbonyl (C=O) groups excluding carboxylic acids is 2. The number of hydrogen-bond acceptors (Lipinski definition) is 4. The average Bonchev–Trinajstić information content (AvgIpc) is 2.83. The van der Waals surface area contributed by atoms with Crippen molar-refractivity contribution in [2.75, 3.05) is 0 Å². The summed E-state index contributed by atoms with van der Waals surface area (Å²) in [5, 5.41) is 6.90. The Kier molecular flexibility index (Phi) is 8.15. The summed E-state index contributed by atoms with van der Waals surface area (Å²) in [5.74, 6) is 0.692. The number of benzene rings is 3. The highest BCUT2D eigenvalue weighted by Gasteiger charge is 2.26. The van der Waals surface area contributed by atoms with Gasteiger partial charge in [-0.25, -0.2) is 5.43 Å². The van der Waals surface area contributed by atoms with Crippen molar-refractivity contribution >= 4 is 18.0 Å². The molecule has 32 heavy (non-hydrogen) atoms. The van der Waals surface area contributed by atoms with Gasteiger partial charge in [0.25, 0.3) is 11.8 Å². The number of para-hydroxylation sites is 1. The molecule has 3 aromatic rings. The topological polar surface area (TPSA) is 79.8 Å². The molecule has 2 amide bonds. The smallest absolute Gasteiger partial charge is 0.262 e. The Morgan fingerprint density at radius 3 is 2.28 bits per heavy atom. The first-order chi connectivity index (χ1) is 15.6. The normalized spacial score (nSPS) is 12.7. The second-order valence-corrected chi connectivity index (χ2v) is 7.42. The number of hydrazone groups is 1. The number of nitrogens with zero attached hydrogens (tertiary/aromatic N) is 1. The highest BCUT2D eigenvalue weighted by molar-refractivity contribution is 5.97. The van der Waals surface area contributed by atoms with E-state index in [-0.39, 0.29) is 17.7 Å². The Balaban J connectivity index is 1.63. The fourth-order valence-electron chi connectivity index (χ4n) is 3.04. The molecule has 2 N–H and O–H groups in total. The van der Waals surface area contributed by atoms with Gasteiger partial charge in [0.2, 0.25) is 0 Å². The molecule has 0 aliphatic rings. The van der Waals surface area contributed by atoms with Crippen LogP contribution in [0.5, 0.6) is 11.5 Å². The number of nitrogens with one attached hydrogen (secondary N) is 2. The Hall–Kier alpha value is -3.93. The van der Waals surface area contributed by atoms with Gasteiger partial charge in [-0.2, -0.15) is 5.10 Å². The van der Waals surface area contributed by atoms with E-state index in [1.54, 1.807) is 30.5 Å². The fraction of sp³-hybridized carbons (Fsp3) is 0.192. The fourth-order valence-corrected chi connectivity index (χ4v) is 3.04. The molecule has 0 aliphatic carbocycles. The first kappa shape index (κ1) is 22.7. The summed E-state index contributed by atoms with van der Waals surface area (Å²) in [6.45, 7) is 3.89. The molecule has 0 bridgehead atoms. The molecule has 2 atom stereocenters. The monoisotopic (exact) mass is 429 g/mol. The van der Waals surface area contributed by atoms with Gasteiger partial charge in [0.1, 0.15) is 17.5 Å². The van der Waals surface area contributed by atoms with E-state index < -0.39 is 6.04 Å². The lowest BCUT2D eigenvalue weighted by molar-refractivity contribution is -0.124. The zero-order valence-electron chi connectivity index (χ0n) is 18.2. The summed E-state index contributed by atoms with van der Waals surface area (Å²) >= 11 is 0. The SMILES string of the molecule is CCC(C)[C@H](NC(=O)c1ccccc1)C(=O)NN=Cc1cccc(Oc2ccccc2)c1. The van der Waals surface area contributed by atoms with Gasteiger partial charge in [0.15, 0.2) is 0 Å². The van der Waals surface area contributed by atoms with Crippen molar-refractivity contribution in [1.29, 1.82) is 0 Å². The van der Waals surface area contributed by atoms with Crippen molar-refractivity contribution in [3.8, 4) is 11.5 Å². The minimum absolute atomic E-state index is 0.0551. The minimum atomic E-state index is -0.697. The Labute approximate surface area is 188 Å². The number of ether oxygens (including phenoxy) is 1. The van der Waals surface area contributed by atoms with E-state index in [1.807, 2.05) is 74.5 Å². The van der Waals surface area contributed by atoms with Crippen molar-refractivity contribution in [1.82, 2.24) is 10.7 Å². The lowest BCUT2D eigenvalue weighted by Crippen LogP contribution is -2.49. The standard InChI is InChI=1S/C26H27N3O3/c1-3-19(2)24(28-25(30)21-12-6-4-7-13-21)26(31)29-27-18-20-11-10-16-23(17-20)32-22-14-8-5-9-15-22/h4-19,24H,3H2,1-2H3,(H,28,30)(H,29,31)/t19?,24-/m0/s1. The predicted molar refractivity (Wildman–Crippen MR) is 126 cm³/mol. The highest BCUT2D eigenvalue weighted by Crippen LogP contribution is 2.21. The van der Waals surface area contributed by atoms with Crippen LogP contribution in [0.15, 0.2) is 90.0 Å². The molecular formula is C26H27N3O3. The van der Waals surface area contributed by atoms with E-state index in [1.165, 1.54) is 0 Å². The molecule has 0 saturated heterocycles. The third-order valence-electron chi connectivity index (χ3n) is 5.04.